The minimum Gasteiger partial charge on any atom is -0.476 e. The van der Waals surface area contributed by atoms with E-state index in [2.05, 4.69) is 20.9 Å². The molecule has 0 saturated heterocycles. The van der Waals surface area contributed by atoms with Crippen LogP contribution >= 0.6 is 15.9 Å². The number of carbonyl (C=O) groups excluding carboxylic acids is 1. The van der Waals surface area contributed by atoms with Gasteiger partial charge in [0, 0.05) is 24.5 Å². The minimum absolute atomic E-state index is 0.0393. The Morgan fingerprint density at radius 2 is 1.85 bits per heavy atom. The molecular formula is C26H20BrF5N4O5. The molecule has 2 heterocycles. The molecule has 0 radical (unpaired) electrons. The third kappa shape index (κ3) is 6.51. The maximum Gasteiger partial charge on any atom is 0.416 e. The number of hydrogen-bond donors (Lipinski definition) is 2. The van der Waals surface area contributed by atoms with E-state index in [4.69, 9.17) is 14.9 Å². The molecule has 2 aromatic heterocycles. The van der Waals surface area contributed by atoms with Crippen molar-refractivity contribution >= 4 is 27.9 Å². The van der Waals surface area contributed by atoms with Gasteiger partial charge in [0.2, 0.25) is 5.89 Å². The number of halogens is 6. The summed E-state index contributed by atoms with van der Waals surface area (Å²) in [6, 6.07) is 8.99. The van der Waals surface area contributed by atoms with Crippen LogP contribution in [0.4, 0.5) is 26.7 Å². The Hall–Kier alpha value is -4.40. The van der Waals surface area contributed by atoms with Crippen LogP contribution in [0.3, 0.4) is 0 Å². The van der Waals surface area contributed by atoms with Gasteiger partial charge in [-0.3, -0.25) is 9.69 Å². The zero-order chi connectivity index (χ0) is 30.1. The molecule has 0 bridgehead atoms. The highest BCUT2D eigenvalue weighted by Crippen LogP contribution is 2.36. The smallest absolute Gasteiger partial charge is 0.416 e. The van der Waals surface area contributed by atoms with Gasteiger partial charge in [-0.05, 0) is 52.3 Å². The lowest BCUT2D eigenvalue weighted by Gasteiger charge is -2.25. The van der Waals surface area contributed by atoms with Crippen molar-refractivity contribution in [2.75, 3.05) is 6.54 Å². The summed E-state index contributed by atoms with van der Waals surface area (Å²) in [7, 11) is 1.70. The number of ether oxygens (including phenoxy) is 1. The highest BCUT2D eigenvalue weighted by Gasteiger charge is 2.32. The lowest BCUT2D eigenvalue weighted by molar-refractivity contribution is -0.137. The standard InChI is InChI=1S/C26H20BrF5N4O5/c1-35-10-2-3-15(35)11-36(25(38)39)12-18(40-17-9-8-16(28)19(20(17)29)23(33)37)24-34-21(22(27)41-24)13-4-6-14(7-5-13)26(30,31)32/h2-10,18H,11-12H2,1H3,(H2,33,37)(H,38,39). The van der Waals surface area contributed by atoms with Crippen LogP contribution in [0, 0.1) is 11.6 Å². The molecule has 0 fully saturated rings. The van der Waals surface area contributed by atoms with E-state index in [1.165, 1.54) is 0 Å². The van der Waals surface area contributed by atoms with E-state index in [1.807, 2.05) is 0 Å². The molecule has 2 aromatic carbocycles. The van der Waals surface area contributed by atoms with Crippen LogP contribution in [0.5, 0.6) is 5.75 Å². The third-order valence-electron chi connectivity index (χ3n) is 6.00. The van der Waals surface area contributed by atoms with Crippen LogP contribution < -0.4 is 10.5 Å². The molecule has 15 heteroatoms. The molecule has 4 rings (SSSR count). The number of carboxylic acid groups (broad SMARTS) is 1. The van der Waals surface area contributed by atoms with Gasteiger partial charge in [0.05, 0.1) is 18.7 Å². The first-order chi connectivity index (χ1) is 19.3. The van der Waals surface area contributed by atoms with Crippen LogP contribution in [0.1, 0.15) is 33.6 Å². The first-order valence-electron chi connectivity index (χ1n) is 11.6. The van der Waals surface area contributed by atoms with E-state index >= 15 is 4.39 Å². The van der Waals surface area contributed by atoms with Gasteiger partial charge in [-0.1, -0.05) is 12.1 Å². The molecule has 0 spiro atoms. The Labute approximate surface area is 237 Å². The van der Waals surface area contributed by atoms with E-state index in [9.17, 15) is 32.3 Å². The average molecular weight is 643 g/mol. The summed E-state index contributed by atoms with van der Waals surface area (Å²) in [5.41, 5.74) is 3.98. The summed E-state index contributed by atoms with van der Waals surface area (Å²) in [6.07, 6.45) is -5.73. The highest BCUT2D eigenvalue weighted by atomic mass is 79.9. The second-order valence-corrected chi connectivity index (χ2v) is 9.45. The van der Waals surface area contributed by atoms with Crippen molar-refractivity contribution in [1.29, 1.82) is 0 Å². The zero-order valence-electron chi connectivity index (χ0n) is 21.0. The summed E-state index contributed by atoms with van der Waals surface area (Å²) in [4.78, 5) is 28.9. The van der Waals surface area contributed by atoms with Crippen LogP contribution in [-0.4, -0.2) is 38.1 Å². The summed E-state index contributed by atoms with van der Waals surface area (Å²) in [6.45, 7) is -0.632. The second kappa shape index (κ2) is 11.6. The van der Waals surface area contributed by atoms with Crippen molar-refractivity contribution in [3.05, 3.63) is 93.7 Å². The average Bonchev–Trinajstić information content (AvgIpc) is 3.48. The van der Waals surface area contributed by atoms with Gasteiger partial charge in [-0.25, -0.2) is 18.6 Å². The van der Waals surface area contributed by atoms with Gasteiger partial charge in [-0.2, -0.15) is 13.2 Å². The Morgan fingerprint density at radius 1 is 1.17 bits per heavy atom. The molecule has 0 aliphatic heterocycles. The molecule has 4 aromatic rings. The van der Waals surface area contributed by atoms with E-state index in [0.29, 0.717) is 5.69 Å². The van der Waals surface area contributed by atoms with Crippen LogP contribution in [0.2, 0.25) is 0 Å². The fourth-order valence-corrected chi connectivity index (χ4v) is 4.37. The molecule has 0 saturated carbocycles. The quantitative estimate of drug-likeness (QED) is 0.211. The van der Waals surface area contributed by atoms with E-state index < -0.39 is 59.3 Å². The number of aromatic nitrogens is 2. The fourth-order valence-electron chi connectivity index (χ4n) is 3.89. The predicted octanol–water partition coefficient (Wildman–Crippen LogP) is 6.14. The van der Waals surface area contributed by atoms with Crippen LogP contribution in [0.15, 0.2) is 63.8 Å². The van der Waals surface area contributed by atoms with Gasteiger partial charge in [0.1, 0.15) is 17.1 Å². The SMILES string of the molecule is Cn1cccc1CN(CC(Oc1ccc(F)c(C(N)=O)c1F)c1nc(-c2ccc(C(F)(F)F)cc2)c(Br)o1)C(=O)O. The summed E-state index contributed by atoms with van der Waals surface area (Å²) < 4.78 is 81.1. The fraction of sp³-hybridized carbons (Fsp3) is 0.192. The molecule has 216 valence electrons. The van der Waals surface area contributed by atoms with Crippen molar-refractivity contribution in [3.63, 3.8) is 0 Å². The number of hydrogen-bond acceptors (Lipinski definition) is 5. The number of nitrogens with zero attached hydrogens (tertiary/aromatic N) is 3. The molecule has 1 atom stereocenters. The number of nitrogens with two attached hydrogens (primary N) is 1. The molecule has 0 aliphatic rings. The summed E-state index contributed by atoms with van der Waals surface area (Å²) in [5.74, 6) is -5.02. The maximum atomic E-state index is 15.0. The van der Waals surface area contributed by atoms with Gasteiger partial charge >= 0.3 is 12.3 Å². The molecule has 9 nitrogen and oxygen atoms in total. The monoisotopic (exact) mass is 642 g/mol. The van der Waals surface area contributed by atoms with Crippen LogP contribution in [-0.2, 0) is 19.8 Å². The van der Waals surface area contributed by atoms with E-state index in [0.717, 1.165) is 41.3 Å². The number of aryl methyl sites for hydroxylation is 1. The second-order valence-electron chi connectivity index (χ2n) is 8.73. The number of benzene rings is 2. The number of oxazole rings is 1. The summed E-state index contributed by atoms with van der Waals surface area (Å²) >= 11 is 3.15. The summed E-state index contributed by atoms with van der Waals surface area (Å²) in [5, 5.41) is 9.89. The molecule has 2 amide bonds. The number of primary amides is 1. The Morgan fingerprint density at radius 3 is 2.41 bits per heavy atom. The van der Waals surface area contributed by atoms with Crippen molar-refractivity contribution in [1.82, 2.24) is 14.5 Å². The van der Waals surface area contributed by atoms with E-state index in [1.54, 1.807) is 29.9 Å². The number of carbonyl (C=O) groups is 2. The molecule has 1 unspecified atom stereocenters. The van der Waals surface area contributed by atoms with Crippen molar-refractivity contribution in [2.24, 2.45) is 12.8 Å². The van der Waals surface area contributed by atoms with Crippen molar-refractivity contribution < 1.29 is 45.8 Å². The van der Waals surface area contributed by atoms with Crippen molar-refractivity contribution in [3.8, 4) is 17.0 Å². The number of alkyl halides is 3. The first kappa shape index (κ1) is 29.6. The van der Waals surface area contributed by atoms with Crippen molar-refractivity contribution in [2.45, 2.75) is 18.8 Å². The normalized spacial score (nSPS) is 12.3. The predicted molar refractivity (Wildman–Crippen MR) is 137 cm³/mol. The Kier molecular flexibility index (Phi) is 8.37. The molecule has 0 aliphatic carbocycles. The Bertz CT molecular complexity index is 1590. The third-order valence-corrected chi connectivity index (χ3v) is 6.53. The zero-order valence-corrected chi connectivity index (χ0v) is 22.5. The minimum atomic E-state index is -4.56. The molecule has 3 N–H and O–H groups in total. The van der Waals surface area contributed by atoms with Gasteiger partial charge in [0.25, 0.3) is 5.91 Å². The van der Waals surface area contributed by atoms with Gasteiger partial charge in [0.15, 0.2) is 22.3 Å². The van der Waals surface area contributed by atoms with Crippen LogP contribution in [0.25, 0.3) is 11.3 Å². The lowest BCUT2D eigenvalue weighted by Crippen LogP contribution is -2.35. The first-order valence-corrected chi connectivity index (χ1v) is 12.4. The Balaban J connectivity index is 1.74. The molecule has 41 heavy (non-hydrogen) atoms. The number of amides is 2. The lowest BCUT2D eigenvalue weighted by atomic mass is 10.1. The van der Waals surface area contributed by atoms with E-state index in [-0.39, 0.29) is 28.4 Å². The van der Waals surface area contributed by atoms with Gasteiger partial charge in [-0.15, -0.1) is 0 Å². The molecular weight excluding hydrogens is 623 g/mol. The highest BCUT2D eigenvalue weighted by molar-refractivity contribution is 9.10. The topological polar surface area (TPSA) is 124 Å². The largest absolute Gasteiger partial charge is 0.476 e. The van der Waals surface area contributed by atoms with Gasteiger partial charge < -0.3 is 24.6 Å². The maximum absolute atomic E-state index is 15.0. The number of rotatable bonds is 9.